The van der Waals surface area contributed by atoms with Crippen molar-refractivity contribution in [3.05, 3.63) is 58.9 Å². The molecule has 0 aliphatic rings. The van der Waals surface area contributed by atoms with Gasteiger partial charge in [-0.1, -0.05) is 23.7 Å². The number of aromatic nitrogens is 1. The van der Waals surface area contributed by atoms with Crippen molar-refractivity contribution in [2.75, 3.05) is 7.11 Å². The highest BCUT2D eigenvalue weighted by atomic mass is 35.5. The first-order chi connectivity index (χ1) is 9.22. The zero-order valence-corrected chi connectivity index (χ0v) is 11.1. The molecule has 0 radical (unpaired) electrons. The van der Waals surface area contributed by atoms with Crippen LogP contribution in [0, 0.1) is 11.3 Å². The molecule has 94 valence electrons. The van der Waals surface area contributed by atoms with E-state index in [1.807, 2.05) is 24.3 Å². The topological polar surface area (TPSA) is 45.9 Å². The number of pyridine rings is 1. The fourth-order valence-electron chi connectivity index (χ4n) is 1.57. The third-order valence-corrected chi connectivity index (χ3v) is 2.77. The lowest BCUT2D eigenvalue weighted by molar-refractivity contribution is 0.415. The number of ether oxygens (including phenoxy) is 1. The van der Waals surface area contributed by atoms with E-state index in [4.69, 9.17) is 16.3 Å². The van der Waals surface area contributed by atoms with Crippen molar-refractivity contribution in [1.29, 1.82) is 5.26 Å². The van der Waals surface area contributed by atoms with Crippen LogP contribution in [0.25, 0.3) is 11.6 Å². The molecule has 0 aliphatic carbocycles. The average molecular weight is 271 g/mol. The van der Waals surface area contributed by atoms with E-state index in [2.05, 4.69) is 11.1 Å². The van der Waals surface area contributed by atoms with Gasteiger partial charge in [-0.15, -0.1) is 0 Å². The molecule has 4 heteroatoms. The lowest BCUT2D eigenvalue weighted by Crippen LogP contribution is -1.87. The number of allylic oxidation sites excluding steroid dienone is 1. The molecular weight excluding hydrogens is 260 g/mol. The van der Waals surface area contributed by atoms with Crippen molar-refractivity contribution in [2.24, 2.45) is 0 Å². The molecule has 0 fully saturated rings. The third-order valence-electron chi connectivity index (χ3n) is 2.55. The minimum Gasteiger partial charge on any atom is -0.497 e. The number of benzene rings is 1. The number of methoxy groups -OCH3 is 1. The first-order valence-electron chi connectivity index (χ1n) is 5.60. The fourth-order valence-corrected chi connectivity index (χ4v) is 1.68. The van der Waals surface area contributed by atoms with Crippen LogP contribution in [-0.2, 0) is 0 Å². The SMILES string of the molecule is COc1ccc(/C=C(\C#N)c2ccc(Cl)cn2)cc1. The molecule has 0 spiro atoms. The maximum atomic E-state index is 9.19. The summed E-state index contributed by atoms with van der Waals surface area (Å²) in [6.07, 6.45) is 3.30. The zero-order valence-electron chi connectivity index (χ0n) is 10.3. The summed E-state index contributed by atoms with van der Waals surface area (Å²) in [6, 6.07) is 13.0. The Balaban J connectivity index is 2.33. The molecule has 0 saturated heterocycles. The van der Waals surface area contributed by atoms with Gasteiger partial charge < -0.3 is 4.74 Å². The summed E-state index contributed by atoms with van der Waals surface area (Å²) in [4.78, 5) is 4.13. The molecule has 1 aromatic heterocycles. The van der Waals surface area contributed by atoms with Gasteiger partial charge >= 0.3 is 0 Å². The van der Waals surface area contributed by atoms with Crippen LogP contribution in [0.5, 0.6) is 5.75 Å². The quantitative estimate of drug-likeness (QED) is 0.797. The molecule has 0 unspecified atom stereocenters. The normalized spacial score (nSPS) is 10.9. The van der Waals surface area contributed by atoms with Crippen molar-refractivity contribution >= 4 is 23.3 Å². The van der Waals surface area contributed by atoms with Crippen molar-refractivity contribution < 1.29 is 4.74 Å². The maximum Gasteiger partial charge on any atom is 0.118 e. The first kappa shape index (κ1) is 13.1. The number of nitriles is 1. The van der Waals surface area contributed by atoms with E-state index in [0.29, 0.717) is 16.3 Å². The minimum atomic E-state index is 0.488. The van der Waals surface area contributed by atoms with Gasteiger partial charge in [-0.2, -0.15) is 5.26 Å². The molecule has 1 heterocycles. The van der Waals surface area contributed by atoms with E-state index in [1.54, 1.807) is 25.3 Å². The molecular formula is C15H11ClN2O. The van der Waals surface area contributed by atoms with E-state index in [0.717, 1.165) is 11.3 Å². The van der Waals surface area contributed by atoms with Crippen LogP contribution < -0.4 is 4.74 Å². The number of halogens is 1. The highest BCUT2D eigenvalue weighted by molar-refractivity contribution is 6.30. The van der Waals surface area contributed by atoms with Gasteiger partial charge in [-0.3, -0.25) is 4.98 Å². The Morgan fingerprint density at radius 2 is 2.00 bits per heavy atom. The van der Waals surface area contributed by atoms with Crippen molar-refractivity contribution in [3.63, 3.8) is 0 Å². The van der Waals surface area contributed by atoms with Gasteiger partial charge in [-0.05, 0) is 35.9 Å². The summed E-state index contributed by atoms with van der Waals surface area (Å²) in [5.74, 6) is 0.778. The Kier molecular flexibility index (Phi) is 4.17. The van der Waals surface area contributed by atoms with E-state index >= 15 is 0 Å². The first-order valence-corrected chi connectivity index (χ1v) is 5.98. The Hall–Kier alpha value is -2.31. The second-order valence-corrected chi connectivity index (χ2v) is 4.24. The van der Waals surface area contributed by atoms with E-state index < -0.39 is 0 Å². The summed E-state index contributed by atoms with van der Waals surface area (Å²) >= 11 is 5.77. The van der Waals surface area contributed by atoms with Crippen molar-refractivity contribution in [1.82, 2.24) is 4.98 Å². The Morgan fingerprint density at radius 1 is 1.26 bits per heavy atom. The number of nitrogens with zero attached hydrogens (tertiary/aromatic N) is 2. The molecule has 19 heavy (non-hydrogen) atoms. The van der Waals surface area contributed by atoms with Crippen LogP contribution >= 0.6 is 11.6 Å². The number of rotatable bonds is 3. The van der Waals surface area contributed by atoms with Gasteiger partial charge in [0.2, 0.25) is 0 Å². The van der Waals surface area contributed by atoms with Gasteiger partial charge in [0.1, 0.15) is 11.8 Å². The van der Waals surface area contributed by atoms with Crippen LogP contribution in [0.3, 0.4) is 0 Å². The average Bonchev–Trinajstić information content (AvgIpc) is 2.46. The molecule has 0 bridgehead atoms. The Morgan fingerprint density at radius 3 is 2.53 bits per heavy atom. The van der Waals surface area contributed by atoms with Gasteiger partial charge in [0.25, 0.3) is 0 Å². The van der Waals surface area contributed by atoms with Crippen LogP contribution in [0.2, 0.25) is 5.02 Å². The molecule has 0 atom stereocenters. The Labute approximate surface area is 116 Å². The van der Waals surface area contributed by atoms with Gasteiger partial charge in [0, 0.05) is 6.20 Å². The summed E-state index contributed by atoms with van der Waals surface area (Å²) in [6.45, 7) is 0. The van der Waals surface area contributed by atoms with E-state index in [1.165, 1.54) is 6.20 Å². The standard InChI is InChI=1S/C15H11ClN2O/c1-19-14-5-2-11(3-6-14)8-12(9-17)15-7-4-13(16)10-18-15/h2-8,10H,1H3/b12-8+. The lowest BCUT2D eigenvalue weighted by atomic mass is 10.1. The molecule has 0 saturated carbocycles. The maximum absolute atomic E-state index is 9.19. The molecule has 1 aromatic carbocycles. The molecule has 0 N–H and O–H groups in total. The van der Waals surface area contributed by atoms with Crippen molar-refractivity contribution in [3.8, 4) is 11.8 Å². The number of hydrogen-bond acceptors (Lipinski definition) is 3. The van der Waals surface area contributed by atoms with E-state index in [9.17, 15) is 5.26 Å². The highest BCUT2D eigenvalue weighted by Gasteiger charge is 2.02. The van der Waals surface area contributed by atoms with Crippen molar-refractivity contribution in [2.45, 2.75) is 0 Å². The molecule has 0 amide bonds. The number of hydrogen-bond donors (Lipinski definition) is 0. The third kappa shape index (κ3) is 3.34. The highest BCUT2D eigenvalue weighted by Crippen LogP contribution is 2.19. The van der Waals surface area contributed by atoms with Crippen LogP contribution in [0.1, 0.15) is 11.3 Å². The zero-order chi connectivity index (χ0) is 13.7. The second kappa shape index (κ2) is 6.03. The van der Waals surface area contributed by atoms with Gasteiger partial charge in [0.05, 0.1) is 23.4 Å². The molecule has 3 nitrogen and oxygen atoms in total. The lowest BCUT2D eigenvalue weighted by Gasteiger charge is -2.01. The van der Waals surface area contributed by atoms with Gasteiger partial charge in [0.15, 0.2) is 0 Å². The van der Waals surface area contributed by atoms with E-state index in [-0.39, 0.29) is 0 Å². The van der Waals surface area contributed by atoms with Crippen LogP contribution in [0.15, 0.2) is 42.6 Å². The van der Waals surface area contributed by atoms with Crippen LogP contribution in [-0.4, -0.2) is 12.1 Å². The van der Waals surface area contributed by atoms with Gasteiger partial charge in [-0.25, -0.2) is 0 Å². The minimum absolute atomic E-state index is 0.488. The second-order valence-electron chi connectivity index (χ2n) is 3.80. The summed E-state index contributed by atoms with van der Waals surface area (Å²) in [5, 5.41) is 9.74. The summed E-state index contributed by atoms with van der Waals surface area (Å²) in [5.41, 5.74) is 2.00. The smallest absolute Gasteiger partial charge is 0.118 e. The fraction of sp³-hybridized carbons (Fsp3) is 0.0667. The molecule has 0 aliphatic heterocycles. The van der Waals surface area contributed by atoms with Crippen LogP contribution in [0.4, 0.5) is 0 Å². The molecule has 2 rings (SSSR count). The predicted molar refractivity (Wildman–Crippen MR) is 75.7 cm³/mol. The molecule has 2 aromatic rings. The largest absolute Gasteiger partial charge is 0.497 e. The predicted octanol–water partition coefficient (Wildman–Crippen LogP) is 3.81. The summed E-state index contributed by atoms with van der Waals surface area (Å²) < 4.78 is 5.09. The summed E-state index contributed by atoms with van der Waals surface area (Å²) in [7, 11) is 1.61. The Bertz CT molecular complexity index is 625. The monoisotopic (exact) mass is 270 g/mol.